The van der Waals surface area contributed by atoms with Crippen LogP contribution in [-0.2, 0) is 11.4 Å². The summed E-state index contributed by atoms with van der Waals surface area (Å²) in [6.45, 7) is 2.90. The minimum absolute atomic E-state index is 0.00751. The maximum Gasteiger partial charge on any atom is 0.493 e. The number of carbonyl (C=O) groups excluding carboxylic acids is 1. The van der Waals surface area contributed by atoms with Gasteiger partial charge < -0.3 is 15.4 Å². The van der Waals surface area contributed by atoms with E-state index in [-0.39, 0.29) is 33.5 Å². The first kappa shape index (κ1) is 19.6. The lowest BCUT2D eigenvalue weighted by Crippen LogP contribution is -2.51. The van der Waals surface area contributed by atoms with Crippen LogP contribution in [0.5, 0.6) is 5.75 Å². The van der Waals surface area contributed by atoms with Crippen LogP contribution < -0.4 is 24.7 Å². The van der Waals surface area contributed by atoms with Crippen molar-refractivity contribution in [2.75, 3.05) is 18.4 Å². The standard InChI is InChI=1S/C16H14BrF3N5O4/c1-7-14-9-2-11(22-8-4-21-5-8)10(17)3-13(9)28-6-12(14)23-25(24(7)27)29-15(26)16(18,19)20/h2-3,8,21-22H,4-6H2,1H3/q+1. The Labute approximate surface area is 169 Å². The Hall–Kier alpha value is -2.67. The van der Waals surface area contributed by atoms with Crippen molar-refractivity contribution in [2.45, 2.75) is 25.7 Å². The number of hydrogen-bond acceptors (Lipinski definition) is 7. The average molecular weight is 477 g/mol. The molecular formula is C16H14BrF3N5O4+. The smallest absolute Gasteiger partial charge is 0.484 e. The second-order valence-electron chi connectivity index (χ2n) is 6.53. The maximum atomic E-state index is 12.5. The van der Waals surface area contributed by atoms with Crippen LogP contribution in [0.2, 0.25) is 0 Å². The van der Waals surface area contributed by atoms with E-state index in [2.05, 4.69) is 36.5 Å². The number of nitrogens with one attached hydrogen (secondary N) is 2. The molecule has 3 heterocycles. The molecule has 1 saturated heterocycles. The third-order valence-corrected chi connectivity index (χ3v) is 5.20. The van der Waals surface area contributed by atoms with E-state index in [1.165, 1.54) is 6.92 Å². The molecule has 29 heavy (non-hydrogen) atoms. The normalized spacial score (nSPS) is 15.6. The highest BCUT2D eigenvalue weighted by Gasteiger charge is 2.44. The molecule has 1 aromatic heterocycles. The van der Waals surface area contributed by atoms with Crippen molar-refractivity contribution >= 4 is 27.6 Å². The number of benzene rings is 1. The lowest BCUT2D eigenvalue weighted by molar-refractivity contribution is -0.646. The first-order chi connectivity index (χ1) is 13.6. The largest absolute Gasteiger partial charge is 0.493 e. The Morgan fingerprint density at radius 3 is 2.79 bits per heavy atom. The predicted molar refractivity (Wildman–Crippen MR) is 95.7 cm³/mol. The summed E-state index contributed by atoms with van der Waals surface area (Å²) in [5.41, 5.74) is 1.89. The van der Waals surface area contributed by atoms with Crippen LogP contribution in [0, 0.1) is 11.8 Å². The van der Waals surface area contributed by atoms with Crippen LogP contribution >= 0.6 is 15.9 Å². The quantitative estimate of drug-likeness (QED) is 0.644. The molecule has 0 atom stereocenters. The van der Waals surface area contributed by atoms with Crippen molar-refractivity contribution in [1.29, 1.82) is 0 Å². The van der Waals surface area contributed by atoms with Gasteiger partial charge in [0.05, 0.1) is 16.7 Å². The predicted octanol–water partition coefficient (Wildman–Crippen LogP) is 1.33. The summed E-state index contributed by atoms with van der Waals surface area (Å²) >= 11 is 3.47. The minimum Gasteiger partial charge on any atom is -0.484 e. The molecule has 0 bridgehead atoms. The first-order valence-corrected chi connectivity index (χ1v) is 9.23. The van der Waals surface area contributed by atoms with Gasteiger partial charge in [0.15, 0.2) is 12.3 Å². The number of hydrogen-bond donors (Lipinski definition) is 2. The summed E-state index contributed by atoms with van der Waals surface area (Å²) in [6.07, 6.45) is -5.27. The van der Waals surface area contributed by atoms with Crippen molar-refractivity contribution < 1.29 is 32.1 Å². The average Bonchev–Trinajstić information content (AvgIpc) is 2.61. The van der Waals surface area contributed by atoms with Gasteiger partial charge in [0.1, 0.15) is 10.3 Å². The number of nitrogens with zero attached hydrogens (tertiary/aromatic N) is 3. The molecule has 0 spiro atoms. The second-order valence-corrected chi connectivity index (χ2v) is 7.38. The van der Waals surface area contributed by atoms with Crippen molar-refractivity contribution in [1.82, 2.24) is 15.4 Å². The Bertz CT molecular complexity index is 1070. The van der Waals surface area contributed by atoms with Crippen LogP contribution in [-0.4, -0.2) is 41.3 Å². The highest BCUT2D eigenvalue weighted by atomic mass is 79.9. The highest BCUT2D eigenvalue weighted by Crippen LogP contribution is 2.42. The lowest BCUT2D eigenvalue weighted by atomic mass is 9.98. The highest BCUT2D eigenvalue weighted by molar-refractivity contribution is 9.10. The molecule has 4 rings (SSSR count). The van der Waals surface area contributed by atoms with E-state index in [1.807, 2.05) is 0 Å². The third kappa shape index (κ3) is 3.55. The van der Waals surface area contributed by atoms with Gasteiger partial charge in [0.25, 0.3) is 0 Å². The molecule has 2 aliphatic heterocycles. The minimum atomic E-state index is -5.27. The topological polar surface area (TPSA) is 100 Å². The first-order valence-electron chi connectivity index (χ1n) is 8.44. The molecule has 2 aliphatic rings. The number of aromatic nitrogens is 3. The van der Waals surface area contributed by atoms with E-state index in [0.717, 1.165) is 23.2 Å². The van der Waals surface area contributed by atoms with Gasteiger partial charge in [-0.2, -0.15) is 13.2 Å². The fourth-order valence-electron chi connectivity index (χ4n) is 3.00. The number of ether oxygens (including phenoxy) is 1. The van der Waals surface area contributed by atoms with Gasteiger partial charge in [-0.15, -0.1) is 0 Å². The Kier molecular flexibility index (Phi) is 4.73. The van der Waals surface area contributed by atoms with E-state index in [1.54, 1.807) is 12.1 Å². The zero-order chi connectivity index (χ0) is 20.9. The molecule has 0 amide bonds. The lowest BCUT2D eigenvalue weighted by Gasteiger charge is -2.30. The second kappa shape index (κ2) is 6.99. The third-order valence-electron chi connectivity index (χ3n) is 4.54. The van der Waals surface area contributed by atoms with Crippen LogP contribution in [0.4, 0.5) is 18.9 Å². The van der Waals surface area contributed by atoms with Crippen molar-refractivity contribution in [3.63, 3.8) is 0 Å². The summed E-state index contributed by atoms with van der Waals surface area (Å²) in [5, 5.41) is 10.2. The van der Waals surface area contributed by atoms with Crippen molar-refractivity contribution in [3.8, 4) is 16.9 Å². The number of rotatable bonds is 3. The van der Waals surface area contributed by atoms with Crippen LogP contribution in [0.3, 0.4) is 0 Å². The van der Waals surface area contributed by atoms with Gasteiger partial charge in [-0.1, -0.05) is 0 Å². The molecule has 0 aliphatic carbocycles. The van der Waals surface area contributed by atoms with Gasteiger partial charge in [-0.25, -0.2) is 4.79 Å². The molecule has 13 heteroatoms. The zero-order valence-corrected chi connectivity index (χ0v) is 16.4. The fraction of sp³-hybridized carbons (Fsp3) is 0.375. The van der Waals surface area contributed by atoms with E-state index in [4.69, 9.17) is 4.74 Å². The van der Waals surface area contributed by atoms with Gasteiger partial charge in [0.2, 0.25) is 10.7 Å². The molecule has 0 radical (unpaired) electrons. The number of halogens is 4. The van der Waals surface area contributed by atoms with Gasteiger partial charge in [0, 0.05) is 35.7 Å². The molecule has 2 N–H and O–H groups in total. The number of anilines is 1. The SMILES string of the molecule is Cc1c2c(nn(OC(=O)C(F)(F)F)[n+]1=O)COc1cc(Br)c(NC3CNC3)cc1-2. The van der Waals surface area contributed by atoms with Crippen LogP contribution in [0.15, 0.2) is 16.6 Å². The number of alkyl halides is 3. The summed E-state index contributed by atoms with van der Waals surface area (Å²) in [4.78, 5) is 27.5. The molecule has 1 aromatic carbocycles. The summed E-state index contributed by atoms with van der Waals surface area (Å²) in [6, 6.07) is 3.76. The van der Waals surface area contributed by atoms with E-state index in [0.29, 0.717) is 16.9 Å². The van der Waals surface area contributed by atoms with Crippen LogP contribution in [0.1, 0.15) is 11.4 Å². The Morgan fingerprint density at radius 1 is 1.45 bits per heavy atom. The Balaban J connectivity index is 1.76. The molecule has 154 valence electrons. The molecule has 9 nitrogen and oxygen atoms in total. The number of fused-ring (bicyclic) bond motifs is 3. The monoisotopic (exact) mass is 476 g/mol. The summed E-state index contributed by atoms with van der Waals surface area (Å²) in [5.74, 6) is -2.07. The summed E-state index contributed by atoms with van der Waals surface area (Å²) in [7, 11) is 0. The van der Waals surface area contributed by atoms with E-state index in [9.17, 15) is 22.9 Å². The molecular weight excluding hydrogens is 463 g/mol. The van der Waals surface area contributed by atoms with Gasteiger partial charge in [-0.05, 0) is 33.0 Å². The van der Waals surface area contributed by atoms with Crippen molar-refractivity contribution in [3.05, 3.63) is 32.9 Å². The fourth-order valence-corrected chi connectivity index (χ4v) is 3.44. The molecule has 1 fully saturated rings. The maximum absolute atomic E-state index is 12.5. The molecule has 2 aromatic rings. The van der Waals surface area contributed by atoms with Crippen molar-refractivity contribution in [2.24, 2.45) is 0 Å². The zero-order valence-electron chi connectivity index (χ0n) is 14.8. The number of carbonyl (C=O) groups is 1. The van der Waals surface area contributed by atoms with E-state index >= 15 is 0 Å². The molecule has 0 saturated carbocycles. The van der Waals surface area contributed by atoms with Gasteiger partial charge >= 0.3 is 12.1 Å². The van der Waals surface area contributed by atoms with E-state index < -0.39 is 12.1 Å². The Morgan fingerprint density at radius 2 is 2.17 bits per heavy atom. The van der Waals surface area contributed by atoms with Gasteiger partial charge in [-0.3, -0.25) is 4.84 Å². The molecule has 0 unspecified atom stereocenters. The van der Waals surface area contributed by atoms with Crippen LogP contribution in [0.25, 0.3) is 11.1 Å². The summed E-state index contributed by atoms with van der Waals surface area (Å²) < 4.78 is 43.8.